The van der Waals surface area contributed by atoms with Crippen LogP contribution < -0.4 is 0 Å². The summed E-state index contributed by atoms with van der Waals surface area (Å²) in [6, 6.07) is 4.37. The van der Waals surface area contributed by atoms with Crippen molar-refractivity contribution in [3.05, 3.63) is 40.4 Å². The molecular weight excluding hydrogens is 313 g/mol. The van der Waals surface area contributed by atoms with Crippen molar-refractivity contribution in [3.8, 4) is 0 Å². The van der Waals surface area contributed by atoms with Gasteiger partial charge >= 0.3 is 5.97 Å². The highest BCUT2D eigenvalue weighted by molar-refractivity contribution is 7.89. The predicted octanol–water partition coefficient (Wildman–Crippen LogP) is 2.25. The first kappa shape index (κ1) is 16.0. The number of sulfonamides is 1. The lowest BCUT2D eigenvalue weighted by atomic mass is 10.4. The van der Waals surface area contributed by atoms with Gasteiger partial charge in [-0.15, -0.1) is 0 Å². The molecule has 0 unspecified atom stereocenters. The topological polar surface area (TPSA) is 74.7 Å². The molecule has 0 aromatic heterocycles. The molecule has 0 amide bonds. The molecule has 1 N–H and O–H groups in total. The predicted molar refractivity (Wildman–Crippen MR) is 73.1 cm³/mol. The molecule has 19 heavy (non-hydrogen) atoms. The molecule has 0 heterocycles. The zero-order valence-electron chi connectivity index (χ0n) is 9.88. The van der Waals surface area contributed by atoms with Crippen molar-refractivity contribution in [2.24, 2.45) is 0 Å². The summed E-state index contributed by atoms with van der Waals surface area (Å²) in [5, 5.41) is 8.47. The van der Waals surface area contributed by atoms with Crippen molar-refractivity contribution in [2.75, 3.05) is 13.6 Å². The van der Waals surface area contributed by atoms with Gasteiger partial charge in [0.25, 0.3) is 0 Å². The average molecular weight is 324 g/mol. The molecule has 0 saturated heterocycles. The van der Waals surface area contributed by atoms with E-state index in [9.17, 15) is 13.2 Å². The Labute approximate surface area is 121 Å². The van der Waals surface area contributed by atoms with E-state index < -0.39 is 16.0 Å². The third kappa shape index (κ3) is 3.94. The van der Waals surface area contributed by atoms with Crippen LogP contribution in [0, 0.1) is 0 Å². The van der Waals surface area contributed by atoms with Crippen LogP contribution in [-0.2, 0) is 14.8 Å². The molecule has 0 bridgehead atoms. The number of aliphatic carboxylic acids is 1. The SMILES string of the molecule is CN(CC=CC(=O)O)S(=O)(=O)c1c(Cl)cccc1Cl. The van der Waals surface area contributed by atoms with Crippen LogP contribution in [0.25, 0.3) is 0 Å². The van der Waals surface area contributed by atoms with Gasteiger partial charge in [-0.25, -0.2) is 13.2 Å². The third-order valence-electron chi connectivity index (χ3n) is 2.21. The summed E-state index contributed by atoms with van der Waals surface area (Å²) in [6.07, 6.45) is 2.07. The van der Waals surface area contributed by atoms with E-state index in [0.717, 1.165) is 10.4 Å². The van der Waals surface area contributed by atoms with Crippen LogP contribution in [-0.4, -0.2) is 37.4 Å². The largest absolute Gasteiger partial charge is 0.478 e. The Bertz CT molecular complexity index is 593. The van der Waals surface area contributed by atoms with Crippen molar-refractivity contribution < 1.29 is 18.3 Å². The van der Waals surface area contributed by atoms with E-state index in [4.69, 9.17) is 28.3 Å². The Balaban J connectivity index is 3.07. The summed E-state index contributed by atoms with van der Waals surface area (Å²) in [7, 11) is -2.57. The fraction of sp³-hybridized carbons (Fsp3) is 0.182. The molecule has 1 aromatic rings. The van der Waals surface area contributed by atoms with Gasteiger partial charge in [0, 0.05) is 19.7 Å². The molecule has 8 heteroatoms. The fourth-order valence-electron chi connectivity index (χ4n) is 1.28. The van der Waals surface area contributed by atoms with Gasteiger partial charge < -0.3 is 5.11 Å². The minimum absolute atomic E-state index is 0.0153. The zero-order chi connectivity index (χ0) is 14.6. The number of rotatable bonds is 5. The Morgan fingerprint density at radius 1 is 1.37 bits per heavy atom. The average Bonchev–Trinajstić information content (AvgIpc) is 2.27. The molecule has 0 aliphatic heterocycles. The lowest BCUT2D eigenvalue weighted by molar-refractivity contribution is -0.131. The first-order chi connectivity index (χ1) is 8.76. The van der Waals surface area contributed by atoms with Crippen molar-refractivity contribution in [1.82, 2.24) is 4.31 Å². The Kier molecular flexibility index (Phi) is 5.37. The number of halogens is 2. The Morgan fingerprint density at radius 2 is 1.89 bits per heavy atom. The maximum Gasteiger partial charge on any atom is 0.328 e. The van der Waals surface area contributed by atoms with E-state index in [1.165, 1.54) is 31.3 Å². The summed E-state index contributed by atoms with van der Waals surface area (Å²) in [5.41, 5.74) is 0. The van der Waals surface area contributed by atoms with Gasteiger partial charge in [0.2, 0.25) is 10.0 Å². The van der Waals surface area contributed by atoms with Gasteiger partial charge in [-0.2, -0.15) is 4.31 Å². The van der Waals surface area contributed by atoms with Gasteiger partial charge in [-0.1, -0.05) is 35.3 Å². The monoisotopic (exact) mass is 323 g/mol. The van der Waals surface area contributed by atoms with Crippen molar-refractivity contribution in [2.45, 2.75) is 4.90 Å². The molecule has 0 fully saturated rings. The summed E-state index contributed by atoms with van der Waals surface area (Å²) < 4.78 is 25.4. The van der Waals surface area contributed by atoms with E-state index in [0.29, 0.717) is 0 Å². The van der Waals surface area contributed by atoms with Crippen molar-refractivity contribution >= 4 is 39.2 Å². The van der Waals surface area contributed by atoms with E-state index in [1.807, 2.05) is 0 Å². The van der Waals surface area contributed by atoms with Crippen LogP contribution in [0.4, 0.5) is 0 Å². The minimum Gasteiger partial charge on any atom is -0.478 e. The maximum absolute atomic E-state index is 12.2. The highest BCUT2D eigenvalue weighted by atomic mass is 35.5. The van der Waals surface area contributed by atoms with Gasteiger partial charge in [-0.05, 0) is 12.1 Å². The van der Waals surface area contributed by atoms with E-state index in [-0.39, 0.29) is 21.5 Å². The summed E-state index contributed by atoms with van der Waals surface area (Å²) in [5.74, 6) is -1.15. The highest BCUT2D eigenvalue weighted by Crippen LogP contribution is 2.30. The molecule has 0 spiro atoms. The van der Waals surface area contributed by atoms with E-state index in [2.05, 4.69) is 0 Å². The molecule has 104 valence electrons. The maximum atomic E-state index is 12.2. The normalized spacial score (nSPS) is 12.2. The van der Waals surface area contributed by atoms with Crippen LogP contribution >= 0.6 is 23.2 Å². The van der Waals surface area contributed by atoms with Crippen LogP contribution in [0.15, 0.2) is 35.2 Å². The first-order valence-corrected chi connectivity index (χ1v) is 7.26. The Morgan fingerprint density at radius 3 is 2.37 bits per heavy atom. The number of carboxylic acids is 1. The highest BCUT2D eigenvalue weighted by Gasteiger charge is 2.25. The van der Waals surface area contributed by atoms with Crippen LogP contribution in [0.2, 0.25) is 10.0 Å². The van der Waals surface area contributed by atoms with Crippen LogP contribution in [0.3, 0.4) is 0 Å². The van der Waals surface area contributed by atoms with E-state index >= 15 is 0 Å². The van der Waals surface area contributed by atoms with Crippen LogP contribution in [0.1, 0.15) is 0 Å². The molecule has 5 nitrogen and oxygen atoms in total. The molecule has 0 saturated carbocycles. The second-order valence-corrected chi connectivity index (χ2v) is 6.37. The summed E-state index contributed by atoms with van der Waals surface area (Å²) >= 11 is 11.7. The third-order valence-corrected chi connectivity index (χ3v) is 4.99. The van der Waals surface area contributed by atoms with Gasteiger partial charge in [0.1, 0.15) is 4.90 Å². The molecule has 1 aromatic carbocycles. The molecule has 0 atom stereocenters. The fourth-order valence-corrected chi connectivity index (χ4v) is 3.49. The quantitative estimate of drug-likeness (QED) is 0.843. The lowest BCUT2D eigenvalue weighted by Gasteiger charge is -2.17. The van der Waals surface area contributed by atoms with Crippen LogP contribution in [0.5, 0.6) is 0 Å². The second kappa shape index (κ2) is 6.38. The first-order valence-electron chi connectivity index (χ1n) is 5.06. The van der Waals surface area contributed by atoms with Crippen molar-refractivity contribution in [3.63, 3.8) is 0 Å². The number of carboxylic acid groups (broad SMARTS) is 1. The molecule has 1 rings (SSSR count). The second-order valence-electron chi connectivity index (χ2n) is 3.58. The molecule has 0 aliphatic carbocycles. The number of hydrogen-bond acceptors (Lipinski definition) is 3. The standard InChI is InChI=1S/C11H11Cl2NO4S/c1-14(7-3-6-10(15)16)19(17,18)11-8(12)4-2-5-9(11)13/h2-6H,7H2,1H3,(H,15,16). The number of likely N-dealkylation sites (N-methyl/N-ethyl adjacent to an activating group) is 1. The molecular formula is C11H11Cl2NO4S. The number of benzene rings is 1. The molecule has 0 aliphatic rings. The summed E-state index contributed by atoms with van der Waals surface area (Å²) in [4.78, 5) is 10.1. The number of hydrogen-bond donors (Lipinski definition) is 1. The Hall–Kier alpha value is -1.08. The molecule has 0 radical (unpaired) electrons. The summed E-state index contributed by atoms with van der Waals surface area (Å²) in [6.45, 7) is -0.101. The van der Waals surface area contributed by atoms with Gasteiger partial charge in [-0.3, -0.25) is 0 Å². The van der Waals surface area contributed by atoms with Crippen molar-refractivity contribution in [1.29, 1.82) is 0 Å². The zero-order valence-corrected chi connectivity index (χ0v) is 12.2. The van der Waals surface area contributed by atoms with Gasteiger partial charge in [0.05, 0.1) is 10.0 Å². The number of carbonyl (C=O) groups is 1. The smallest absolute Gasteiger partial charge is 0.328 e. The lowest BCUT2D eigenvalue weighted by Crippen LogP contribution is -2.27. The minimum atomic E-state index is -3.87. The number of nitrogens with zero attached hydrogens (tertiary/aromatic N) is 1. The van der Waals surface area contributed by atoms with Gasteiger partial charge in [0.15, 0.2) is 0 Å². The van der Waals surface area contributed by atoms with E-state index in [1.54, 1.807) is 0 Å².